The van der Waals surface area contributed by atoms with Gasteiger partial charge in [-0.15, -0.1) is 0 Å². The van der Waals surface area contributed by atoms with Gasteiger partial charge < -0.3 is 5.32 Å². The number of carbonyl (C=O) groups is 2. The Morgan fingerprint density at radius 2 is 2.19 bits per heavy atom. The second kappa shape index (κ2) is 4.31. The van der Waals surface area contributed by atoms with Gasteiger partial charge in [0, 0.05) is 6.20 Å². The van der Waals surface area contributed by atoms with Crippen LogP contribution in [0.1, 0.15) is 5.69 Å². The Hall–Kier alpha value is -1.89. The molecule has 6 nitrogen and oxygen atoms in total. The molecule has 2 N–H and O–H groups in total. The Bertz CT molecular complexity index is 486. The minimum atomic E-state index is -0.518. The van der Waals surface area contributed by atoms with Crippen LogP contribution in [0.3, 0.4) is 0 Å². The van der Waals surface area contributed by atoms with Gasteiger partial charge in [-0.2, -0.15) is 0 Å². The van der Waals surface area contributed by atoms with E-state index >= 15 is 0 Å². The Morgan fingerprint density at radius 1 is 1.38 bits per heavy atom. The van der Waals surface area contributed by atoms with E-state index in [1.807, 2.05) is 6.26 Å². The van der Waals surface area contributed by atoms with Gasteiger partial charge in [-0.25, -0.2) is 14.8 Å². The van der Waals surface area contributed by atoms with Crippen molar-refractivity contribution in [3.05, 3.63) is 23.7 Å². The molecule has 2 heterocycles. The number of rotatable bonds is 2. The smallest absolute Gasteiger partial charge is 0.303 e. The van der Waals surface area contributed by atoms with E-state index < -0.39 is 11.9 Å². The minimum absolute atomic E-state index is 0.191. The summed E-state index contributed by atoms with van der Waals surface area (Å²) in [6.45, 7) is 0. The van der Waals surface area contributed by atoms with Crippen LogP contribution in [-0.2, 0) is 4.79 Å². The lowest BCUT2D eigenvalue weighted by Crippen LogP contribution is -2.22. The molecular formula is C9H8N4O2S. The summed E-state index contributed by atoms with van der Waals surface area (Å²) in [6, 6.07) is 1.14. The van der Waals surface area contributed by atoms with Crippen molar-refractivity contribution in [2.24, 2.45) is 0 Å². The molecule has 3 amide bonds. The molecular weight excluding hydrogens is 228 g/mol. The fourth-order valence-corrected chi connectivity index (χ4v) is 1.53. The Balaban J connectivity index is 2.28. The number of imide groups is 1. The molecule has 0 aromatic carbocycles. The summed E-state index contributed by atoms with van der Waals surface area (Å²) in [5, 5.41) is 5.10. The van der Waals surface area contributed by atoms with Crippen LogP contribution in [0.15, 0.2) is 23.1 Å². The summed E-state index contributed by atoms with van der Waals surface area (Å²) in [6.07, 6.45) is 4.96. The summed E-state index contributed by atoms with van der Waals surface area (Å²) < 4.78 is 0. The first-order valence-corrected chi connectivity index (χ1v) is 5.62. The summed E-state index contributed by atoms with van der Waals surface area (Å²) >= 11 is 1.40. The van der Waals surface area contributed by atoms with Crippen molar-refractivity contribution in [2.75, 3.05) is 6.26 Å². The second-order valence-corrected chi connectivity index (χ2v) is 3.71. The second-order valence-electron chi connectivity index (χ2n) is 2.93. The molecule has 82 valence electrons. The van der Waals surface area contributed by atoms with Crippen LogP contribution in [0.25, 0.3) is 6.08 Å². The quantitative estimate of drug-likeness (QED) is 0.335. The van der Waals surface area contributed by atoms with E-state index in [0.717, 1.165) is 0 Å². The highest BCUT2D eigenvalue weighted by atomic mass is 32.2. The molecule has 1 aliphatic rings. The predicted octanol–water partition coefficient (Wildman–Crippen LogP) is 0.379. The largest absolute Gasteiger partial charge is 0.326 e. The molecule has 0 radical (unpaired) electrons. The van der Waals surface area contributed by atoms with Gasteiger partial charge in [-0.05, 0) is 18.4 Å². The lowest BCUT2D eigenvalue weighted by Gasteiger charge is -1.97. The van der Waals surface area contributed by atoms with Crippen LogP contribution in [0.5, 0.6) is 0 Å². The average molecular weight is 236 g/mol. The van der Waals surface area contributed by atoms with Crippen LogP contribution in [0.4, 0.5) is 4.79 Å². The third kappa shape index (κ3) is 2.19. The standard InChI is InChI=1S/C9H8N4O2S/c1-16-9-10-3-2-5(11-9)4-6-7(14)13-8(15)12-6/h2-4H,1H3,(H2,12,13,14,15)/b6-4+. The zero-order chi connectivity index (χ0) is 11.5. The minimum Gasteiger partial charge on any atom is -0.303 e. The summed E-state index contributed by atoms with van der Waals surface area (Å²) in [5.41, 5.74) is 0.766. The lowest BCUT2D eigenvalue weighted by molar-refractivity contribution is -0.115. The van der Waals surface area contributed by atoms with Crippen molar-refractivity contribution in [1.82, 2.24) is 20.6 Å². The topological polar surface area (TPSA) is 84.0 Å². The normalized spacial score (nSPS) is 17.4. The highest BCUT2D eigenvalue weighted by Gasteiger charge is 2.22. The number of urea groups is 1. The highest BCUT2D eigenvalue weighted by molar-refractivity contribution is 7.98. The molecule has 1 fully saturated rings. The number of aromatic nitrogens is 2. The number of nitrogens with zero attached hydrogens (tertiary/aromatic N) is 2. The van der Waals surface area contributed by atoms with Crippen molar-refractivity contribution in [2.45, 2.75) is 5.16 Å². The summed E-state index contributed by atoms with van der Waals surface area (Å²) in [7, 11) is 0. The van der Waals surface area contributed by atoms with E-state index in [1.165, 1.54) is 17.8 Å². The van der Waals surface area contributed by atoms with E-state index in [0.29, 0.717) is 10.9 Å². The maximum atomic E-state index is 11.2. The van der Waals surface area contributed by atoms with Crippen molar-refractivity contribution >= 4 is 29.8 Å². The Kier molecular flexibility index (Phi) is 2.86. The predicted molar refractivity (Wildman–Crippen MR) is 58.5 cm³/mol. The van der Waals surface area contributed by atoms with Crippen molar-refractivity contribution in [3.8, 4) is 0 Å². The van der Waals surface area contributed by atoms with E-state index in [4.69, 9.17) is 0 Å². The lowest BCUT2D eigenvalue weighted by atomic mass is 10.3. The molecule has 0 saturated carbocycles. The van der Waals surface area contributed by atoms with Crippen molar-refractivity contribution < 1.29 is 9.59 Å². The van der Waals surface area contributed by atoms with Crippen LogP contribution in [0.2, 0.25) is 0 Å². The maximum absolute atomic E-state index is 11.2. The number of amides is 3. The van der Waals surface area contributed by atoms with Crippen molar-refractivity contribution in [1.29, 1.82) is 0 Å². The molecule has 1 aromatic rings. The monoisotopic (exact) mass is 236 g/mol. The fraction of sp³-hybridized carbons (Fsp3) is 0.111. The molecule has 16 heavy (non-hydrogen) atoms. The average Bonchev–Trinajstić information content (AvgIpc) is 2.58. The molecule has 1 aromatic heterocycles. The molecule has 1 saturated heterocycles. The number of nitrogens with one attached hydrogen (secondary N) is 2. The van der Waals surface area contributed by atoms with E-state index in [1.54, 1.807) is 12.3 Å². The van der Waals surface area contributed by atoms with Gasteiger partial charge in [-0.3, -0.25) is 10.1 Å². The molecule has 0 atom stereocenters. The first-order valence-electron chi connectivity index (χ1n) is 4.40. The number of thioether (sulfide) groups is 1. The molecule has 0 unspecified atom stereocenters. The van der Waals surface area contributed by atoms with Gasteiger partial charge in [0.2, 0.25) is 0 Å². The molecule has 1 aliphatic heterocycles. The first-order chi connectivity index (χ1) is 7.69. The van der Waals surface area contributed by atoms with Gasteiger partial charge in [0.05, 0.1) is 5.69 Å². The van der Waals surface area contributed by atoms with Gasteiger partial charge in [0.1, 0.15) is 5.70 Å². The third-order valence-corrected chi connectivity index (χ3v) is 2.41. The molecule has 0 bridgehead atoms. The molecule has 2 rings (SSSR count). The number of carbonyl (C=O) groups excluding carboxylic acids is 2. The van der Waals surface area contributed by atoms with Crippen LogP contribution >= 0.6 is 11.8 Å². The number of hydrogen-bond donors (Lipinski definition) is 2. The summed E-state index contributed by atoms with van der Waals surface area (Å²) in [4.78, 5) is 30.2. The Labute approximate surface area is 95.5 Å². The molecule has 0 spiro atoms. The van der Waals surface area contributed by atoms with Crippen molar-refractivity contribution in [3.63, 3.8) is 0 Å². The zero-order valence-corrected chi connectivity index (χ0v) is 9.17. The van der Waals surface area contributed by atoms with Gasteiger partial charge in [0.25, 0.3) is 5.91 Å². The van der Waals surface area contributed by atoms with E-state index in [-0.39, 0.29) is 5.70 Å². The number of hydrogen-bond acceptors (Lipinski definition) is 5. The van der Waals surface area contributed by atoms with Crippen LogP contribution < -0.4 is 10.6 Å². The van der Waals surface area contributed by atoms with E-state index in [9.17, 15) is 9.59 Å². The van der Waals surface area contributed by atoms with Gasteiger partial charge in [-0.1, -0.05) is 11.8 Å². The summed E-state index contributed by atoms with van der Waals surface area (Å²) in [5.74, 6) is -0.450. The van der Waals surface area contributed by atoms with E-state index in [2.05, 4.69) is 20.6 Å². The molecule has 0 aliphatic carbocycles. The highest BCUT2D eigenvalue weighted by Crippen LogP contribution is 2.10. The van der Waals surface area contributed by atoms with Gasteiger partial charge in [0.15, 0.2) is 5.16 Å². The first kappa shape index (κ1) is 10.6. The zero-order valence-electron chi connectivity index (χ0n) is 8.35. The Morgan fingerprint density at radius 3 is 2.81 bits per heavy atom. The molecule has 7 heteroatoms. The van der Waals surface area contributed by atoms with Gasteiger partial charge >= 0.3 is 6.03 Å². The van der Waals surface area contributed by atoms with Crippen LogP contribution in [-0.4, -0.2) is 28.2 Å². The SMILES string of the molecule is CSc1nccc(/C=C2/NC(=O)NC2=O)n1. The third-order valence-electron chi connectivity index (χ3n) is 1.85. The maximum Gasteiger partial charge on any atom is 0.326 e. The van der Waals surface area contributed by atoms with Crippen LogP contribution in [0, 0.1) is 0 Å². The fourth-order valence-electron chi connectivity index (χ4n) is 1.16.